The van der Waals surface area contributed by atoms with Gasteiger partial charge in [-0.2, -0.15) is 11.8 Å². The van der Waals surface area contributed by atoms with E-state index < -0.39 is 0 Å². The molecule has 1 rings (SSSR count). The zero-order valence-corrected chi connectivity index (χ0v) is 10.1. The molecule has 0 spiro atoms. The van der Waals surface area contributed by atoms with Crippen LogP contribution in [0.1, 0.15) is 25.4 Å². The number of rotatable bonds is 7. The van der Waals surface area contributed by atoms with Gasteiger partial charge in [-0.15, -0.1) is 0 Å². The second-order valence-corrected chi connectivity index (χ2v) is 4.79. The third-order valence-electron chi connectivity index (χ3n) is 2.07. The van der Waals surface area contributed by atoms with E-state index in [4.69, 9.17) is 9.52 Å². The number of aliphatic hydroxyl groups excluding tert-OH is 1. The Balaban J connectivity index is 2.24. The molecule has 15 heavy (non-hydrogen) atoms. The maximum atomic E-state index is 8.83. The molecule has 0 amide bonds. The minimum atomic E-state index is -0.0265. The first-order valence-electron chi connectivity index (χ1n) is 5.25. The van der Waals surface area contributed by atoms with Crippen LogP contribution in [0.4, 0.5) is 0 Å². The third kappa shape index (κ3) is 4.73. The Morgan fingerprint density at radius 3 is 2.80 bits per heavy atom. The Kier molecular flexibility index (Phi) is 5.83. The number of aliphatic hydroxyl groups is 1. The first-order chi connectivity index (χ1) is 7.26. The van der Waals surface area contributed by atoms with Gasteiger partial charge in [0.15, 0.2) is 0 Å². The van der Waals surface area contributed by atoms with Crippen LogP contribution in [0, 0.1) is 0 Å². The Hall–Kier alpha value is -0.450. The van der Waals surface area contributed by atoms with Crippen molar-refractivity contribution in [3.8, 4) is 0 Å². The summed E-state index contributed by atoms with van der Waals surface area (Å²) < 4.78 is 5.37. The van der Waals surface area contributed by atoms with E-state index in [1.54, 1.807) is 0 Å². The quantitative estimate of drug-likeness (QED) is 0.750. The van der Waals surface area contributed by atoms with Crippen LogP contribution in [-0.4, -0.2) is 22.7 Å². The fourth-order valence-electron chi connectivity index (χ4n) is 1.23. The van der Waals surface area contributed by atoms with E-state index in [0.29, 0.717) is 11.8 Å². The lowest BCUT2D eigenvalue weighted by Gasteiger charge is -2.11. The lowest BCUT2D eigenvalue weighted by Crippen LogP contribution is -2.27. The molecule has 0 aliphatic carbocycles. The van der Waals surface area contributed by atoms with Crippen LogP contribution < -0.4 is 5.32 Å². The Morgan fingerprint density at radius 2 is 2.20 bits per heavy atom. The van der Waals surface area contributed by atoms with Crippen LogP contribution in [-0.2, 0) is 13.2 Å². The summed E-state index contributed by atoms with van der Waals surface area (Å²) in [6.45, 7) is 5.03. The highest BCUT2D eigenvalue weighted by Crippen LogP contribution is 2.08. The number of thioether (sulfide) groups is 1. The highest BCUT2D eigenvalue weighted by Gasteiger charge is 2.04. The third-order valence-corrected chi connectivity index (χ3v) is 3.21. The van der Waals surface area contributed by atoms with Crippen LogP contribution in [0.25, 0.3) is 0 Å². The van der Waals surface area contributed by atoms with Crippen molar-refractivity contribution in [2.75, 3.05) is 11.5 Å². The summed E-state index contributed by atoms with van der Waals surface area (Å²) in [5.41, 5.74) is 0. The predicted octanol–water partition coefficient (Wildman–Crippen LogP) is 2.00. The Bertz CT molecular complexity index is 275. The van der Waals surface area contributed by atoms with Crippen molar-refractivity contribution >= 4 is 11.8 Å². The van der Waals surface area contributed by atoms with Gasteiger partial charge in [0.1, 0.15) is 18.1 Å². The van der Waals surface area contributed by atoms with Crippen molar-refractivity contribution in [2.45, 2.75) is 33.0 Å². The van der Waals surface area contributed by atoms with Crippen LogP contribution in [0.15, 0.2) is 16.5 Å². The van der Waals surface area contributed by atoms with Crippen molar-refractivity contribution in [2.24, 2.45) is 0 Å². The monoisotopic (exact) mass is 229 g/mol. The van der Waals surface area contributed by atoms with Gasteiger partial charge in [-0.1, -0.05) is 6.92 Å². The molecule has 0 fully saturated rings. The molecular formula is C11H19NO2S. The van der Waals surface area contributed by atoms with Gasteiger partial charge in [-0.05, 0) is 24.8 Å². The van der Waals surface area contributed by atoms with Gasteiger partial charge in [-0.25, -0.2) is 0 Å². The molecule has 0 aliphatic heterocycles. The highest BCUT2D eigenvalue weighted by molar-refractivity contribution is 7.99. The summed E-state index contributed by atoms with van der Waals surface area (Å²) in [6, 6.07) is 4.19. The molecule has 3 nitrogen and oxygen atoms in total. The van der Waals surface area contributed by atoms with Crippen LogP contribution in [0.3, 0.4) is 0 Å². The average Bonchev–Trinajstić information content (AvgIpc) is 2.71. The first-order valence-corrected chi connectivity index (χ1v) is 6.41. The van der Waals surface area contributed by atoms with E-state index in [1.165, 1.54) is 0 Å². The van der Waals surface area contributed by atoms with Gasteiger partial charge in [0.25, 0.3) is 0 Å². The summed E-state index contributed by atoms with van der Waals surface area (Å²) in [7, 11) is 0. The van der Waals surface area contributed by atoms with Gasteiger partial charge >= 0.3 is 0 Å². The van der Waals surface area contributed by atoms with Crippen molar-refractivity contribution in [3.05, 3.63) is 23.7 Å². The predicted molar refractivity (Wildman–Crippen MR) is 63.9 cm³/mol. The van der Waals surface area contributed by atoms with E-state index >= 15 is 0 Å². The van der Waals surface area contributed by atoms with E-state index in [0.717, 1.165) is 23.8 Å². The molecule has 0 aromatic carbocycles. The fraction of sp³-hybridized carbons (Fsp3) is 0.636. The number of furan rings is 1. The smallest absolute Gasteiger partial charge is 0.129 e. The van der Waals surface area contributed by atoms with Crippen LogP contribution in [0.5, 0.6) is 0 Å². The molecule has 0 radical (unpaired) electrons. The van der Waals surface area contributed by atoms with Crippen LogP contribution >= 0.6 is 11.8 Å². The van der Waals surface area contributed by atoms with Gasteiger partial charge in [0, 0.05) is 11.8 Å². The number of hydrogen-bond acceptors (Lipinski definition) is 4. The molecule has 0 aliphatic rings. The SMILES string of the molecule is CCSCC(C)NCc1ccc(CO)o1. The first kappa shape index (κ1) is 12.6. The van der Waals surface area contributed by atoms with E-state index in [2.05, 4.69) is 19.2 Å². The maximum Gasteiger partial charge on any atom is 0.129 e. The largest absolute Gasteiger partial charge is 0.462 e. The summed E-state index contributed by atoms with van der Waals surface area (Å²) in [6.07, 6.45) is 0. The normalized spacial score (nSPS) is 13.0. The molecule has 1 unspecified atom stereocenters. The highest BCUT2D eigenvalue weighted by atomic mass is 32.2. The van der Waals surface area contributed by atoms with E-state index in [-0.39, 0.29) is 6.61 Å². The van der Waals surface area contributed by atoms with Gasteiger partial charge in [-0.3, -0.25) is 0 Å². The molecule has 1 aromatic rings. The molecule has 1 heterocycles. The molecule has 0 bridgehead atoms. The zero-order chi connectivity index (χ0) is 11.1. The van der Waals surface area contributed by atoms with E-state index in [1.807, 2.05) is 23.9 Å². The van der Waals surface area contributed by atoms with Gasteiger partial charge < -0.3 is 14.8 Å². The fourth-order valence-corrected chi connectivity index (χ4v) is 1.94. The van der Waals surface area contributed by atoms with Gasteiger partial charge in [0.05, 0.1) is 6.54 Å². The molecule has 1 aromatic heterocycles. The summed E-state index contributed by atoms with van der Waals surface area (Å²) in [5.74, 6) is 3.78. The Morgan fingerprint density at radius 1 is 1.47 bits per heavy atom. The summed E-state index contributed by atoms with van der Waals surface area (Å²) in [4.78, 5) is 0. The topological polar surface area (TPSA) is 45.4 Å². The molecule has 86 valence electrons. The lowest BCUT2D eigenvalue weighted by molar-refractivity contribution is 0.242. The van der Waals surface area contributed by atoms with Crippen molar-refractivity contribution in [3.63, 3.8) is 0 Å². The van der Waals surface area contributed by atoms with Crippen molar-refractivity contribution in [1.29, 1.82) is 0 Å². The second kappa shape index (κ2) is 6.93. The molecule has 2 N–H and O–H groups in total. The van der Waals surface area contributed by atoms with Crippen molar-refractivity contribution in [1.82, 2.24) is 5.32 Å². The van der Waals surface area contributed by atoms with Gasteiger partial charge in [0.2, 0.25) is 0 Å². The average molecular weight is 229 g/mol. The number of hydrogen-bond donors (Lipinski definition) is 2. The minimum absolute atomic E-state index is 0.0265. The summed E-state index contributed by atoms with van der Waals surface area (Å²) in [5, 5.41) is 12.2. The molecule has 0 saturated carbocycles. The second-order valence-electron chi connectivity index (χ2n) is 3.47. The Labute approximate surface area is 95.2 Å². The molecule has 4 heteroatoms. The molecule has 1 atom stereocenters. The maximum absolute atomic E-state index is 8.83. The van der Waals surface area contributed by atoms with E-state index in [9.17, 15) is 0 Å². The minimum Gasteiger partial charge on any atom is -0.462 e. The van der Waals surface area contributed by atoms with Crippen molar-refractivity contribution < 1.29 is 9.52 Å². The lowest BCUT2D eigenvalue weighted by atomic mass is 10.3. The summed E-state index contributed by atoms with van der Waals surface area (Å²) >= 11 is 1.93. The number of nitrogens with one attached hydrogen (secondary N) is 1. The standard InChI is InChI=1S/C11H19NO2S/c1-3-15-8-9(2)12-6-10-4-5-11(7-13)14-10/h4-5,9,12-13H,3,6-8H2,1-2H3. The van der Waals surface area contributed by atoms with Crippen LogP contribution in [0.2, 0.25) is 0 Å². The molecular weight excluding hydrogens is 210 g/mol. The zero-order valence-electron chi connectivity index (χ0n) is 9.32. The molecule has 0 saturated heterocycles.